The third kappa shape index (κ3) is 3.03. The van der Waals surface area contributed by atoms with Gasteiger partial charge in [-0.1, -0.05) is 0 Å². The third-order valence-electron chi connectivity index (χ3n) is 2.56. The molecular formula is C10H15NO3S3. The molecule has 0 atom stereocenters. The molecule has 1 aliphatic heterocycles. The van der Waals surface area contributed by atoms with E-state index < -0.39 is 10.0 Å². The van der Waals surface area contributed by atoms with Gasteiger partial charge in [0.15, 0.2) is 0 Å². The highest BCUT2D eigenvalue weighted by Crippen LogP contribution is 2.26. The van der Waals surface area contributed by atoms with Gasteiger partial charge in [-0.2, -0.15) is 16.1 Å². The van der Waals surface area contributed by atoms with Crippen LogP contribution >= 0.6 is 23.1 Å². The zero-order valence-corrected chi connectivity index (χ0v) is 11.8. The van der Waals surface area contributed by atoms with E-state index in [0.717, 1.165) is 16.4 Å². The van der Waals surface area contributed by atoms with Crippen LogP contribution in [0.1, 0.15) is 4.88 Å². The zero-order chi connectivity index (χ0) is 12.3. The van der Waals surface area contributed by atoms with Crippen LogP contribution in [-0.2, 0) is 16.4 Å². The fourth-order valence-corrected chi connectivity index (χ4v) is 5.73. The Hall–Kier alpha value is -0.0800. The van der Waals surface area contributed by atoms with Crippen LogP contribution < -0.4 is 0 Å². The Kier molecular flexibility index (Phi) is 4.48. The molecule has 1 N–H and O–H groups in total. The summed E-state index contributed by atoms with van der Waals surface area (Å²) in [7, 11) is -3.30. The maximum absolute atomic E-state index is 12.3. The molecule has 1 aliphatic rings. The van der Waals surface area contributed by atoms with E-state index in [1.807, 2.05) is 0 Å². The average Bonchev–Trinajstić information content (AvgIpc) is 2.80. The highest BCUT2D eigenvalue weighted by atomic mass is 32.2. The molecule has 1 aromatic rings. The van der Waals surface area contributed by atoms with Gasteiger partial charge in [0.25, 0.3) is 10.0 Å². The number of aliphatic hydroxyl groups excluding tert-OH is 1. The van der Waals surface area contributed by atoms with Crippen LogP contribution in [0.4, 0.5) is 0 Å². The van der Waals surface area contributed by atoms with Gasteiger partial charge in [-0.25, -0.2) is 8.42 Å². The van der Waals surface area contributed by atoms with Crippen LogP contribution in [0.5, 0.6) is 0 Å². The van der Waals surface area contributed by atoms with Crippen molar-refractivity contribution in [3.05, 3.63) is 17.0 Å². The fourth-order valence-electron chi connectivity index (χ4n) is 1.66. The quantitative estimate of drug-likeness (QED) is 0.900. The summed E-state index contributed by atoms with van der Waals surface area (Å²) in [4.78, 5) is 0.914. The molecule has 0 amide bonds. The molecule has 96 valence electrons. The summed E-state index contributed by atoms with van der Waals surface area (Å²) in [6, 6.07) is 3.43. The number of hydrogen-bond acceptors (Lipinski definition) is 5. The molecule has 1 fully saturated rings. The Labute approximate surface area is 110 Å². The van der Waals surface area contributed by atoms with Crippen LogP contribution in [-0.4, -0.2) is 49.0 Å². The van der Waals surface area contributed by atoms with Crippen molar-refractivity contribution >= 4 is 33.1 Å². The van der Waals surface area contributed by atoms with Crippen LogP contribution in [0.15, 0.2) is 16.3 Å². The molecule has 1 saturated heterocycles. The van der Waals surface area contributed by atoms with Crippen molar-refractivity contribution in [1.82, 2.24) is 4.31 Å². The van der Waals surface area contributed by atoms with E-state index in [1.165, 1.54) is 11.3 Å². The van der Waals surface area contributed by atoms with Crippen LogP contribution in [0.25, 0.3) is 0 Å². The maximum Gasteiger partial charge on any atom is 0.252 e. The van der Waals surface area contributed by atoms with Gasteiger partial charge in [0.1, 0.15) is 4.21 Å². The first-order valence-electron chi connectivity index (χ1n) is 5.42. The van der Waals surface area contributed by atoms with E-state index in [4.69, 9.17) is 5.11 Å². The number of thioether (sulfide) groups is 1. The van der Waals surface area contributed by atoms with E-state index in [0.29, 0.717) is 23.7 Å². The highest BCUT2D eigenvalue weighted by Gasteiger charge is 2.27. The monoisotopic (exact) mass is 293 g/mol. The number of aliphatic hydroxyl groups is 1. The van der Waals surface area contributed by atoms with Crippen LogP contribution in [0.2, 0.25) is 0 Å². The highest BCUT2D eigenvalue weighted by molar-refractivity contribution is 7.99. The van der Waals surface area contributed by atoms with Gasteiger partial charge in [0.2, 0.25) is 0 Å². The average molecular weight is 293 g/mol. The standard InChI is InChI=1S/C10H15NO3S3/c12-6-3-9-1-2-10(16-9)17(13,14)11-4-7-15-8-5-11/h1-2,12H,3-8H2. The second kappa shape index (κ2) is 5.71. The number of nitrogens with zero attached hydrogens (tertiary/aromatic N) is 1. The Morgan fingerprint density at radius 1 is 1.29 bits per heavy atom. The molecule has 4 nitrogen and oxygen atoms in total. The lowest BCUT2D eigenvalue weighted by Crippen LogP contribution is -2.37. The number of rotatable bonds is 4. The second-order valence-electron chi connectivity index (χ2n) is 3.71. The molecule has 1 aromatic heterocycles. The van der Waals surface area contributed by atoms with Gasteiger partial charge in [-0.3, -0.25) is 0 Å². The Balaban J connectivity index is 2.18. The van der Waals surface area contributed by atoms with Crippen molar-refractivity contribution in [3.8, 4) is 0 Å². The van der Waals surface area contributed by atoms with Crippen molar-refractivity contribution in [2.75, 3.05) is 31.2 Å². The van der Waals surface area contributed by atoms with E-state index in [9.17, 15) is 8.42 Å². The molecule has 0 saturated carbocycles. The molecule has 0 bridgehead atoms. The van der Waals surface area contributed by atoms with E-state index in [2.05, 4.69) is 0 Å². The first-order chi connectivity index (χ1) is 8.14. The molecule has 0 spiro atoms. The zero-order valence-electron chi connectivity index (χ0n) is 9.33. The smallest absolute Gasteiger partial charge is 0.252 e. The minimum absolute atomic E-state index is 0.0559. The topological polar surface area (TPSA) is 57.6 Å². The summed E-state index contributed by atoms with van der Waals surface area (Å²) in [5, 5.41) is 8.82. The minimum atomic E-state index is -3.30. The van der Waals surface area contributed by atoms with Gasteiger partial charge < -0.3 is 5.11 Å². The number of hydrogen-bond donors (Lipinski definition) is 1. The van der Waals surface area contributed by atoms with Gasteiger partial charge in [-0.05, 0) is 12.1 Å². The summed E-state index contributed by atoms with van der Waals surface area (Å²) in [6.07, 6.45) is 0.524. The lowest BCUT2D eigenvalue weighted by molar-refractivity contribution is 0.300. The first-order valence-corrected chi connectivity index (χ1v) is 8.83. The Morgan fingerprint density at radius 2 is 2.00 bits per heavy atom. The van der Waals surface area contributed by atoms with Crippen molar-refractivity contribution in [3.63, 3.8) is 0 Å². The Bertz CT molecular complexity index is 463. The molecule has 0 unspecified atom stereocenters. The molecule has 2 heterocycles. The van der Waals surface area contributed by atoms with Gasteiger partial charge in [0.05, 0.1) is 0 Å². The SMILES string of the molecule is O=S(=O)(c1ccc(CCO)s1)N1CCSCC1. The fraction of sp³-hybridized carbons (Fsp3) is 0.600. The molecule has 7 heteroatoms. The lowest BCUT2D eigenvalue weighted by atomic mass is 10.4. The Morgan fingerprint density at radius 3 is 2.65 bits per heavy atom. The normalized spacial score (nSPS) is 18.4. The summed E-state index contributed by atoms with van der Waals surface area (Å²) < 4.78 is 26.5. The van der Waals surface area contributed by atoms with Crippen molar-refractivity contribution in [2.45, 2.75) is 10.6 Å². The molecule has 0 aromatic carbocycles. The molecule has 0 radical (unpaired) electrons. The van der Waals surface area contributed by atoms with Gasteiger partial charge >= 0.3 is 0 Å². The summed E-state index contributed by atoms with van der Waals surface area (Å²) >= 11 is 3.05. The van der Waals surface area contributed by atoms with Crippen LogP contribution in [0.3, 0.4) is 0 Å². The maximum atomic E-state index is 12.3. The van der Waals surface area contributed by atoms with E-state index in [-0.39, 0.29) is 6.61 Å². The van der Waals surface area contributed by atoms with Crippen molar-refractivity contribution in [1.29, 1.82) is 0 Å². The van der Waals surface area contributed by atoms with Crippen LogP contribution in [0, 0.1) is 0 Å². The predicted octanol–water partition coefficient (Wildman–Crippen LogP) is 1.02. The first kappa shape index (κ1) is 13.4. The third-order valence-corrected chi connectivity index (χ3v) is 7.01. The molecule has 2 rings (SSSR count). The van der Waals surface area contributed by atoms with Gasteiger partial charge in [-0.15, -0.1) is 11.3 Å². The molecule has 17 heavy (non-hydrogen) atoms. The summed E-state index contributed by atoms with van der Waals surface area (Å²) in [5.41, 5.74) is 0. The van der Waals surface area contributed by atoms with Crippen molar-refractivity contribution in [2.24, 2.45) is 0 Å². The van der Waals surface area contributed by atoms with Gasteiger partial charge in [0, 0.05) is 42.5 Å². The molecular weight excluding hydrogens is 278 g/mol. The van der Waals surface area contributed by atoms with Crippen molar-refractivity contribution < 1.29 is 13.5 Å². The summed E-state index contributed by atoms with van der Waals surface area (Å²) in [5.74, 6) is 1.74. The molecule has 0 aliphatic carbocycles. The number of thiophene rings is 1. The van der Waals surface area contributed by atoms with E-state index >= 15 is 0 Å². The summed E-state index contributed by atoms with van der Waals surface area (Å²) in [6.45, 7) is 1.25. The van der Waals surface area contributed by atoms with E-state index in [1.54, 1.807) is 28.2 Å². The minimum Gasteiger partial charge on any atom is -0.396 e. The predicted molar refractivity (Wildman–Crippen MR) is 71.2 cm³/mol. The number of sulfonamides is 1. The second-order valence-corrected chi connectivity index (χ2v) is 8.27. The largest absolute Gasteiger partial charge is 0.396 e. The lowest BCUT2D eigenvalue weighted by Gasteiger charge is -2.24.